The van der Waals surface area contributed by atoms with Gasteiger partial charge in [-0.25, -0.2) is 9.59 Å². The van der Waals surface area contributed by atoms with Gasteiger partial charge in [-0.1, -0.05) is 0 Å². The second kappa shape index (κ2) is 23.7. The average molecular weight is 438 g/mol. The molecule has 0 bridgehead atoms. The zero-order valence-corrected chi connectivity index (χ0v) is 17.6. The van der Waals surface area contributed by atoms with Gasteiger partial charge < -0.3 is 43.0 Å². The lowest BCUT2D eigenvalue weighted by atomic mass is 10.5. The molecule has 0 aromatic heterocycles. The van der Waals surface area contributed by atoms with Crippen LogP contribution in [-0.2, 0) is 47.5 Å². The lowest BCUT2D eigenvalue weighted by molar-refractivity contribution is -0.140. The number of carbonyl (C=O) groups is 2. The first kappa shape index (κ1) is 28.4. The molecule has 0 spiro atoms. The third-order valence-corrected chi connectivity index (χ3v) is 3.13. The molecule has 0 aromatic carbocycles. The molecule has 0 saturated carbocycles. The number of hydrogen-bond acceptors (Lipinski definition) is 10. The van der Waals surface area contributed by atoms with E-state index in [1.54, 1.807) is 7.11 Å². The zero-order chi connectivity index (χ0) is 22.1. The lowest BCUT2D eigenvalue weighted by Crippen LogP contribution is -2.15. The summed E-state index contributed by atoms with van der Waals surface area (Å²) in [5.41, 5.74) is 0. The van der Waals surface area contributed by atoms with Crippen molar-refractivity contribution < 1.29 is 52.6 Å². The maximum atomic E-state index is 11.1. The summed E-state index contributed by atoms with van der Waals surface area (Å²) in [5, 5.41) is 8.35. The van der Waals surface area contributed by atoms with E-state index in [1.165, 1.54) is 0 Å². The number of carbonyl (C=O) groups excluding carboxylic acids is 1. The normalized spacial score (nSPS) is 11.2. The van der Waals surface area contributed by atoms with Crippen molar-refractivity contribution in [3.05, 3.63) is 12.2 Å². The highest BCUT2D eigenvalue weighted by Gasteiger charge is 1.98. The molecule has 0 aliphatic rings. The van der Waals surface area contributed by atoms with E-state index in [4.69, 9.17) is 43.0 Å². The summed E-state index contributed by atoms with van der Waals surface area (Å²) in [6.07, 6.45) is 1.55. The Kier molecular flexibility index (Phi) is 22.4. The highest BCUT2D eigenvalue weighted by molar-refractivity contribution is 5.90. The first-order valence-corrected chi connectivity index (χ1v) is 9.70. The van der Waals surface area contributed by atoms with Crippen molar-refractivity contribution >= 4 is 11.9 Å². The number of rotatable bonds is 23. The van der Waals surface area contributed by atoms with Crippen molar-refractivity contribution in [1.82, 2.24) is 0 Å². The largest absolute Gasteiger partial charge is 0.478 e. The summed E-state index contributed by atoms with van der Waals surface area (Å²) in [7, 11) is 1.63. The zero-order valence-electron chi connectivity index (χ0n) is 17.6. The van der Waals surface area contributed by atoms with Gasteiger partial charge in [0.25, 0.3) is 0 Å². The summed E-state index contributed by atoms with van der Waals surface area (Å²) in [4.78, 5) is 21.3. The number of carboxylic acid groups (broad SMARTS) is 1. The van der Waals surface area contributed by atoms with Crippen LogP contribution in [0.25, 0.3) is 0 Å². The van der Waals surface area contributed by atoms with Gasteiger partial charge in [-0.05, 0) is 0 Å². The Morgan fingerprint density at radius 3 is 1.23 bits per heavy atom. The van der Waals surface area contributed by atoms with E-state index in [-0.39, 0.29) is 13.2 Å². The van der Waals surface area contributed by atoms with Crippen molar-refractivity contribution in [3.8, 4) is 0 Å². The topological polar surface area (TPSA) is 128 Å². The van der Waals surface area contributed by atoms with Gasteiger partial charge in [0.15, 0.2) is 0 Å². The van der Waals surface area contributed by atoms with Crippen molar-refractivity contribution in [2.75, 3.05) is 99.6 Å². The highest BCUT2D eigenvalue weighted by Crippen LogP contribution is 1.86. The number of ether oxygens (including phenoxy) is 8. The van der Waals surface area contributed by atoms with Gasteiger partial charge in [-0.3, -0.25) is 0 Å². The first-order chi connectivity index (χ1) is 14.7. The van der Waals surface area contributed by atoms with Crippen LogP contribution in [0, 0.1) is 0 Å². The molecule has 0 rings (SSSR count). The SMILES string of the molecule is COCCOCCOCCOCCOCCOCCOCCOC(=O)/C=C\C(=O)O. The van der Waals surface area contributed by atoms with E-state index in [1.807, 2.05) is 0 Å². The fourth-order valence-corrected chi connectivity index (χ4v) is 1.73. The number of carboxylic acids is 1. The van der Waals surface area contributed by atoms with Crippen molar-refractivity contribution in [2.45, 2.75) is 0 Å². The maximum absolute atomic E-state index is 11.1. The van der Waals surface area contributed by atoms with E-state index in [9.17, 15) is 9.59 Å². The predicted molar refractivity (Wildman–Crippen MR) is 105 cm³/mol. The van der Waals surface area contributed by atoms with E-state index < -0.39 is 11.9 Å². The minimum atomic E-state index is -1.21. The van der Waals surface area contributed by atoms with Crippen LogP contribution in [0.2, 0.25) is 0 Å². The van der Waals surface area contributed by atoms with Crippen molar-refractivity contribution in [1.29, 1.82) is 0 Å². The molecule has 0 aliphatic heterocycles. The molecule has 1 N–H and O–H groups in total. The molecule has 0 radical (unpaired) electrons. The monoisotopic (exact) mass is 438 g/mol. The van der Waals surface area contributed by atoms with Gasteiger partial charge in [0.1, 0.15) is 6.61 Å². The second-order valence-electron chi connectivity index (χ2n) is 5.51. The van der Waals surface area contributed by atoms with Gasteiger partial charge in [0, 0.05) is 19.3 Å². The van der Waals surface area contributed by atoms with Gasteiger partial charge in [-0.15, -0.1) is 0 Å². The molecule has 0 amide bonds. The standard InChI is InChI=1S/C19H34O11/c1-23-4-5-24-6-7-25-8-9-26-10-11-27-12-13-28-14-15-29-16-17-30-19(22)3-2-18(20)21/h2-3H,4-17H2,1H3,(H,20,21)/b3-2-. The Morgan fingerprint density at radius 2 is 0.900 bits per heavy atom. The molecule has 11 heteroatoms. The molecular weight excluding hydrogens is 404 g/mol. The highest BCUT2D eigenvalue weighted by atomic mass is 16.6. The molecule has 0 atom stereocenters. The predicted octanol–water partition coefficient (Wildman–Crippen LogP) is -0.0836. The smallest absolute Gasteiger partial charge is 0.331 e. The summed E-state index contributed by atoms with van der Waals surface area (Å²) in [6, 6.07) is 0. The average Bonchev–Trinajstić information content (AvgIpc) is 2.73. The molecule has 176 valence electrons. The molecule has 0 aliphatic carbocycles. The van der Waals surface area contributed by atoms with Crippen molar-refractivity contribution in [3.63, 3.8) is 0 Å². The number of esters is 1. The van der Waals surface area contributed by atoms with Crippen LogP contribution in [0.4, 0.5) is 0 Å². The molecule has 0 heterocycles. The van der Waals surface area contributed by atoms with Crippen LogP contribution in [0.1, 0.15) is 0 Å². The van der Waals surface area contributed by atoms with E-state index >= 15 is 0 Å². The summed E-state index contributed by atoms with van der Waals surface area (Å²) in [6.45, 7) is 6.05. The Balaban J connectivity index is 3.11. The van der Waals surface area contributed by atoms with Gasteiger partial charge in [0.2, 0.25) is 0 Å². The van der Waals surface area contributed by atoms with Crippen LogP contribution in [0.15, 0.2) is 12.2 Å². The Labute approximate surface area is 177 Å². The Bertz CT molecular complexity index is 429. The Hall–Kier alpha value is -1.60. The Morgan fingerprint density at radius 1 is 0.567 bits per heavy atom. The minimum Gasteiger partial charge on any atom is -0.478 e. The summed E-state index contributed by atoms with van der Waals surface area (Å²) in [5.74, 6) is -1.94. The molecule has 11 nitrogen and oxygen atoms in total. The molecular formula is C19H34O11. The summed E-state index contributed by atoms with van der Waals surface area (Å²) < 4.78 is 41.4. The van der Waals surface area contributed by atoms with E-state index in [2.05, 4.69) is 0 Å². The van der Waals surface area contributed by atoms with Crippen LogP contribution in [-0.4, -0.2) is 117 Å². The van der Waals surface area contributed by atoms with Gasteiger partial charge >= 0.3 is 11.9 Å². The van der Waals surface area contributed by atoms with E-state index in [0.29, 0.717) is 85.4 Å². The fourth-order valence-electron chi connectivity index (χ4n) is 1.73. The number of hydrogen-bond donors (Lipinski definition) is 1. The molecule has 0 aromatic rings. The van der Waals surface area contributed by atoms with E-state index in [0.717, 1.165) is 6.08 Å². The number of aliphatic carboxylic acids is 1. The quantitative estimate of drug-likeness (QED) is 0.131. The van der Waals surface area contributed by atoms with Crippen LogP contribution in [0.5, 0.6) is 0 Å². The van der Waals surface area contributed by atoms with Gasteiger partial charge in [0.05, 0.1) is 85.9 Å². The molecule has 30 heavy (non-hydrogen) atoms. The van der Waals surface area contributed by atoms with Gasteiger partial charge in [-0.2, -0.15) is 0 Å². The summed E-state index contributed by atoms with van der Waals surface area (Å²) >= 11 is 0. The molecule has 0 fully saturated rings. The lowest BCUT2D eigenvalue weighted by Gasteiger charge is -2.08. The fraction of sp³-hybridized carbons (Fsp3) is 0.789. The van der Waals surface area contributed by atoms with Crippen molar-refractivity contribution in [2.24, 2.45) is 0 Å². The molecule has 0 saturated heterocycles. The second-order valence-corrected chi connectivity index (χ2v) is 5.51. The maximum Gasteiger partial charge on any atom is 0.331 e. The van der Waals surface area contributed by atoms with Crippen LogP contribution >= 0.6 is 0 Å². The van der Waals surface area contributed by atoms with Crippen LogP contribution in [0.3, 0.4) is 0 Å². The third-order valence-electron chi connectivity index (χ3n) is 3.13. The molecule has 0 unspecified atom stereocenters. The number of methoxy groups -OCH3 is 1. The van der Waals surface area contributed by atoms with Crippen LogP contribution < -0.4 is 0 Å². The third kappa shape index (κ3) is 24.4. The first-order valence-electron chi connectivity index (χ1n) is 9.70. The minimum absolute atomic E-state index is 0.0408.